The number of nitrogens with one attached hydrogen (secondary N) is 1. The van der Waals surface area contributed by atoms with Crippen LogP contribution in [-0.2, 0) is 16.4 Å². The Bertz CT molecular complexity index is 589. The lowest BCUT2D eigenvalue weighted by Crippen LogP contribution is -2.27. The van der Waals surface area contributed by atoms with E-state index < -0.39 is 10.0 Å². The van der Waals surface area contributed by atoms with Crippen molar-refractivity contribution in [3.63, 3.8) is 0 Å². The van der Waals surface area contributed by atoms with E-state index in [0.717, 1.165) is 37.4 Å². The molecular weight excluding hydrogens is 300 g/mol. The highest BCUT2D eigenvalue weighted by Crippen LogP contribution is 2.22. The van der Waals surface area contributed by atoms with Crippen LogP contribution in [0.5, 0.6) is 0 Å². The minimum absolute atomic E-state index is 0.360. The van der Waals surface area contributed by atoms with Crippen LogP contribution in [0, 0.1) is 5.92 Å². The van der Waals surface area contributed by atoms with Crippen molar-refractivity contribution in [3.8, 4) is 0 Å². The van der Waals surface area contributed by atoms with Gasteiger partial charge in [-0.05, 0) is 45.0 Å². The van der Waals surface area contributed by atoms with Crippen molar-refractivity contribution in [1.29, 1.82) is 0 Å². The van der Waals surface area contributed by atoms with Gasteiger partial charge in [0, 0.05) is 31.9 Å². The van der Waals surface area contributed by atoms with Gasteiger partial charge in [0.05, 0.1) is 6.26 Å². The standard InChI is InChI=1S/C15H26N4O2S/c1-18(2)10-8-16-15-6-4-5-14(17-15)11-13-7-9-19(12-13)22(3,20)21/h4-6,13H,7-12H2,1-3H3,(H,16,17)/t13-/m0/s1. The smallest absolute Gasteiger partial charge is 0.211 e. The Balaban J connectivity index is 1.88. The van der Waals surface area contributed by atoms with E-state index in [1.165, 1.54) is 6.26 Å². The van der Waals surface area contributed by atoms with Gasteiger partial charge in [0.2, 0.25) is 10.0 Å². The number of likely N-dealkylation sites (N-methyl/N-ethyl adjacent to an activating group) is 1. The Kier molecular flexibility index (Phi) is 5.77. The molecule has 0 saturated carbocycles. The molecule has 1 aliphatic rings. The fourth-order valence-corrected chi connectivity index (χ4v) is 3.58. The molecule has 0 spiro atoms. The molecule has 1 aliphatic heterocycles. The average Bonchev–Trinajstić information content (AvgIpc) is 2.87. The maximum Gasteiger partial charge on any atom is 0.211 e. The first-order valence-electron chi connectivity index (χ1n) is 7.64. The summed E-state index contributed by atoms with van der Waals surface area (Å²) in [5, 5.41) is 3.32. The first-order valence-corrected chi connectivity index (χ1v) is 9.49. The molecule has 124 valence electrons. The maximum atomic E-state index is 11.6. The second kappa shape index (κ2) is 7.39. The van der Waals surface area contributed by atoms with Gasteiger partial charge in [-0.1, -0.05) is 6.07 Å². The lowest BCUT2D eigenvalue weighted by molar-refractivity contribution is 0.425. The average molecular weight is 326 g/mol. The lowest BCUT2D eigenvalue weighted by Gasteiger charge is -2.14. The molecule has 1 fully saturated rings. The number of rotatable bonds is 7. The molecule has 2 heterocycles. The topological polar surface area (TPSA) is 65.5 Å². The molecule has 1 N–H and O–H groups in total. The number of nitrogens with zero attached hydrogens (tertiary/aromatic N) is 3. The predicted molar refractivity (Wildman–Crippen MR) is 89.5 cm³/mol. The monoisotopic (exact) mass is 326 g/mol. The number of hydrogen-bond acceptors (Lipinski definition) is 5. The van der Waals surface area contributed by atoms with Crippen molar-refractivity contribution in [1.82, 2.24) is 14.2 Å². The Hall–Kier alpha value is -1.18. The van der Waals surface area contributed by atoms with E-state index in [-0.39, 0.29) is 0 Å². The molecule has 7 heteroatoms. The van der Waals surface area contributed by atoms with E-state index in [9.17, 15) is 8.42 Å². The molecule has 1 saturated heterocycles. The van der Waals surface area contributed by atoms with Crippen molar-refractivity contribution in [2.75, 3.05) is 51.8 Å². The second-order valence-electron chi connectivity index (χ2n) is 6.22. The molecule has 0 aliphatic carbocycles. The summed E-state index contributed by atoms with van der Waals surface area (Å²) in [4.78, 5) is 6.74. The third-order valence-electron chi connectivity index (χ3n) is 3.89. The number of hydrogen-bond donors (Lipinski definition) is 1. The number of pyridine rings is 1. The Morgan fingerprint density at radius 2 is 2.18 bits per heavy atom. The SMILES string of the molecule is CN(C)CCNc1cccc(C[C@@H]2CCN(S(C)(=O)=O)C2)n1. The first-order chi connectivity index (χ1) is 10.3. The molecule has 1 atom stereocenters. The molecular formula is C15H26N4O2S. The van der Waals surface area contributed by atoms with E-state index in [0.29, 0.717) is 19.0 Å². The number of aromatic nitrogens is 1. The van der Waals surface area contributed by atoms with Crippen molar-refractivity contribution in [3.05, 3.63) is 23.9 Å². The molecule has 0 amide bonds. The summed E-state index contributed by atoms with van der Waals surface area (Å²) in [6, 6.07) is 5.99. The fraction of sp³-hybridized carbons (Fsp3) is 0.667. The third-order valence-corrected chi connectivity index (χ3v) is 5.16. The number of anilines is 1. The normalized spacial score (nSPS) is 19.7. The first kappa shape index (κ1) is 17.2. The fourth-order valence-electron chi connectivity index (χ4n) is 2.66. The van der Waals surface area contributed by atoms with Gasteiger partial charge in [-0.3, -0.25) is 0 Å². The minimum Gasteiger partial charge on any atom is -0.369 e. The van der Waals surface area contributed by atoms with Gasteiger partial charge in [-0.2, -0.15) is 0 Å². The molecule has 0 bridgehead atoms. The van der Waals surface area contributed by atoms with E-state index in [1.807, 2.05) is 32.3 Å². The van der Waals surface area contributed by atoms with Gasteiger partial charge < -0.3 is 10.2 Å². The summed E-state index contributed by atoms with van der Waals surface area (Å²) in [6.07, 6.45) is 3.02. The molecule has 1 aromatic rings. The molecule has 22 heavy (non-hydrogen) atoms. The zero-order chi connectivity index (χ0) is 16.2. The van der Waals surface area contributed by atoms with Gasteiger partial charge in [0.15, 0.2) is 0 Å². The van der Waals surface area contributed by atoms with E-state index >= 15 is 0 Å². The van der Waals surface area contributed by atoms with Crippen molar-refractivity contribution >= 4 is 15.8 Å². The van der Waals surface area contributed by atoms with Crippen LogP contribution in [0.4, 0.5) is 5.82 Å². The third kappa shape index (κ3) is 5.23. The van der Waals surface area contributed by atoms with Gasteiger partial charge >= 0.3 is 0 Å². The Labute approximate surface area is 133 Å². The quantitative estimate of drug-likeness (QED) is 0.806. The Morgan fingerprint density at radius 1 is 1.41 bits per heavy atom. The van der Waals surface area contributed by atoms with Crippen molar-refractivity contribution < 1.29 is 8.42 Å². The zero-order valence-electron chi connectivity index (χ0n) is 13.6. The summed E-state index contributed by atoms with van der Waals surface area (Å²) in [5.74, 6) is 1.25. The summed E-state index contributed by atoms with van der Waals surface area (Å²) < 4.78 is 24.7. The summed E-state index contributed by atoms with van der Waals surface area (Å²) in [5.41, 5.74) is 1.02. The highest BCUT2D eigenvalue weighted by Gasteiger charge is 2.28. The Morgan fingerprint density at radius 3 is 2.82 bits per heavy atom. The van der Waals surface area contributed by atoms with Gasteiger partial charge in [0.25, 0.3) is 0 Å². The van der Waals surface area contributed by atoms with E-state index in [1.54, 1.807) is 4.31 Å². The van der Waals surface area contributed by atoms with Crippen LogP contribution in [0.1, 0.15) is 12.1 Å². The van der Waals surface area contributed by atoms with Gasteiger partial charge in [0.1, 0.15) is 5.82 Å². The zero-order valence-corrected chi connectivity index (χ0v) is 14.4. The van der Waals surface area contributed by atoms with Crippen LogP contribution < -0.4 is 5.32 Å². The van der Waals surface area contributed by atoms with Crippen LogP contribution in [-0.4, -0.2) is 69.1 Å². The summed E-state index contributed by atoms with van der Waals surface area (Å²) >= 11 is 0. The van der Waals surface area contributed by atoms with E-state index in [4.69, 9.17) is 0 Å². The van der Waals surface area contributed by atoms with Gasteiger partial charge in [-0.15, -0.1) is 0 Å². The largest absolute Gasteiger partial charge is 0.369 e. The molecule has 0 unspecified atom stereocenters. The van der Waals surface area contributed by atoms with Crippen molar-refractivity contribution in [2.45, 2.75) is 12.8 Å². The predicted octanol–water partition coefficient (Wildman–Crippen LogP) is 0.879. The number of sulfonamides is 1. The maximum absolute atomic E-state index is 11.6. The van der Waals surface area contributed by atoms with Crippen LogP contribution in [0.15, 0.2) is 18.2 Å². The van der Waals surface area contributed by atoms with Crippen LogP contribution in [0.3, 0.4) is 0 Å². The van der Waals surface area contributed by atoms with E-state index in [2.05, 4.69) is 15.2 Å². The summed E-state index contributed by atoms with van der Waals surface area (Å²) in [6.45, 7) is 3.05. The molecule has 2 rings (SSSR count). The lowest BCUT2D eigenvalue weighted by atomic mass is 10.0. The highest BCUT2D eigenvalue weighted by molar-refractivity contribution is 7.88. The van der Waals surface area contributed by atoms with Crippen LogP contribution >= 0.6 is 0 Å². The highest BCUT2D eigenvalue weighted by atomic mass is 32.2. The molecule has 0 radical (unpaired) electrons. The molecule has 1 aromatic heterocycles. The minimum atomic E-state index is -3.06. The molecule has 0 aromatic carbocycles. The van der Waals surface area contributed by atoms with Crippen LogP contribution in [0.25, 0.3) is 0 Å². The van der Waals surface area contributed by atoms with Gasteiger partial charge in [-0.25, -0.2) is 17.7 Å². The van der Waals surface area contributed by atoms with Crippen LogP contribution in [0.2, 0.25) is 0 Å². The summed E-state index contributed by atoms with van der Waals surface area (Å²) in [7, 11) is 1.02. The van der Waals surface area contributed by atoms with Crippen molar-refractivity contribution in [2.24, 2.45) is 5.92 Å². The second-order valence-corrected chi connectivity index (χ2v) is 8.21. The molecule has 6 nitrogen and oxygen atoms in total.